The number of rotatable bonds is 1. The lowest BCUT2D eigenvalue weighted by Crippen LogP contribution is -2.11. The molecule has 0 amide bonds. The lowest BCUT2D eigenvalue weighted by molar-refractivity contribution is 0.145. The number of methoxy groups -OCH3 is 1. The summed E-state index contributed by atoms with van der Waals surface area (Å²) in [7, 11) is 1.68. The van der Waals surface area contributed by atoms with Crippen LogP contribution in [0.1, 0.15) is 6.42 Å². The van der Waals surface area contributed by atoms with Crippen molar-refractivity contribution < 1.29 is 4.74 Å². The standard InChI is InChI=1S/C5H6O/c1-6-5-3-2-4-5/h5H,3H2,1H3. The van der Waals surface area contributed by atoms with Crippen LogP contribution in [0, 0.1) is 11.8 Å². The van der Waals surface area contributed by atoms with Crippen molar-refractivity contribution in [1.82, 2.24) is 0 Å². The van der Waals surface area contributed by atoms with E-state index in [1.165, 1.54) is 0 Å². The molecule has 32 valence electrons. The van der Waals surface area contributed by atoms with Gasteiger partial charge in [0.25, 0.3) is 0 Å². The summed E-state index contributed by atoms with van der Waals surface area (Å²) < 4.78 is 4.81. The first kappa shape index (κ1) is 3.70. The van der Waals surface area contributed by atoms with Crippen LogP contribution < -0.4 is 0 Å². The van der Waals surface area contributed by atoms with Gasteiger partial charge in [0.1, 0.15) is 6.10 Å². The van der Waals surface area contributed by atoms with Crippen molar-refractivity contribution in [2.45, 2.75) is 12.5 Å². The summed E-state index contributed by atoms with van der Waals surface area (Å²) in [5.41, 5.74) is 0. The highest BCUT2D eigenvalue weighted by atomic mass is 16.5. The monoisotopic (exact) mass is 82.0 g/mol. The normalized spacial score (nSPS) is 27.2. The third-order valence-corrected chi connectivity index (χ3v) is 0.835. The van der Waals surface area contributed by atoms with E-state index in [1.807, 2.05) is 0 Å². The zero-order chi connectivity index (χ0) is 4.41. The number of hydrogen-bond donors (Lipinski definition) is 0. The van der Waals surface area contributed by atoms with E-state index in [1.54, 1.807) is 7.11 Å². The van der Waals surface area contributed by atoms with Gasteiger partial charge in [-0.15, -0.1) is 0 Å². The molecule has 1 heteroatoms. The molecule has 1 unspecified atom stereocenters. The average Bonchev–Trinajstić information content (AvgIpc) is 1.31. The SMILES string of the molecule is COC1C#CC1. The molecule has 0 saturated heterocycles. The fourth-order valence-corrected chi connectivity index (χ4v) is 0.328. The maximum Gasteiger partial charge on any atom is 0.128 e. The Labute approximate surface area is 37.3 Å². The van der Waals surface area contributed by atoms with E-state index < -0.39 is 0 Å². The van der Waals surface area contributed by atoms with Crippen molar-refractivity contribution in [2.24, 2.45) is 0 Å². The number of ether oxygens (including phenoxy) is 1. The van der Waals surface area contributed by atoms with Crippen LogP contribution in [-0.4, -0.2) is 13.2 Å². The Hall–Kier alpha value is -0.480. The molecule has 0 saturated carbocycles. The van der Waals surface area contributed by atoms with Crippen molar-refractivity contribution in [3.63, 3.8) is 0 Å². The van der Waals surface area contributed by atoms with E-state index in [2.05, 4.69) is 11.8 Å². The lowest BCUT2D eigenvalue weighted by Gasteiger charge is -2.08. The Morgan fingerprint density at radius 1 is 1.83 bits per heavy atom. The second-order valence-electron chi connectivity index (χ2n) is 1.25. The first-order valence-corrected chi connectivity index (χ1v) is 1.94. The van der Waals surface area contributed by atoms with E-state index in [0.29, 0.717) is 0 Å². The van der Waals surface area contributed by atoms with Gasteiger partial charge in [0.15, 0.2) is 0 Å². The van der Waals surface area contributed by atoms with Crippen LogP contribution in [-0.2, 0) is 4.74 Å². The molecule has 0 aromatic carbocycles. The van der Waals surface area contributed by atoms with Crippen molar-refractivity contribution in [3.05, 3.63) is 0 Å². The minimum absolute atomic E-state index is 0.255. The summed E-state index contributed by atoms with van der Waals surface area (Å²) in [6.07, 6.45) is 1.18. The molecule has 6 heavy (non-hydrogen) atoms. The van der Waals surface area contributed by atoms with Gasteiger partial charge in [-0.25, -0.2) is 0 Å². The zero-order valence-electron chi connectivity index (χ0n) is 3.69. The summed E-state index contributed by atoms with van der Waals surface area (Å²) in [5.74, 6) is 5.66. The van der Waals surface area contributed by atoms with Crippen LogP contribution in [0.4, 0.5) is 0 Å². The molecule has 0 radical (unpaired) electrons. The molecule has 1 aliphatic carbocycles. The highest BCUT2D eigenvalue weighted by Crippen LogP contribution is 2.00. The lowest BCUT2D eigenvalue weighted by atomic mass is 10.1. The molecule has 0 aromatic heterocycles. The van der Waals surface area contributed by atoms with E-state index in [9.17, 15) is 0 Å². The second-order valence-corrected chi connectivity index (χ2v) is 1.25. The van der Waals surface area contributed by atoms with Crippen LogP contribution in [0.3, 0.4) is 0 Å². The molecule has 0 heterocycles. The van der Waals surface area contributed by atoms with Crippen LogP contribution in [0.5, 0.6) is 0 Å². The predicted octanol–water partition coefficient (Wildman–Crippen LogP) is 0.408. The molecule has 0 fully saturated rings. The molecule has 1 atom stereocenters. The van der Waals surface area contributed by atoms with Crippen LogP contribution in [0.2, 0.25) is 0 Å². The molecular formula is C5H6O. The van der Waals surface area contributed by atoms with Gasteiger partial charge < -0.3 is 4.74 Å². The highest BCUT2D eigenvalue weighted by molar-refractivity contribution is 5.18. The first-order chi connectivity index (χ1) is 2.93. The maximum atomic E-state index is 4.81. The van der Waals surface area contributed by atoms with E-state index in [4.69, 9.17) is 4.74 Å². The topological polar surface area (TPSA) is 9.23 Å². The maximum absolute atomic E-state index is 4.81. The Balaban J connectivity index is 2.29. The minimum Gasteiger partial charge on any atom is -0.368 e. The van der Waals surface area contributed by atoms with Crippen LogP contribution >= 0.6 is 0 Å². The van der Waals surface area contributed by atoms with Gasteiger partial charge in [-0.2, -0.15) is 0 Å². The zero-order valence-corrected chi connectivity index (χ0v) is 3.69. The van der Waals surface area contributed by atoms with Gasteiger partial charge in [0.05, 0.1) is 0 Å². The Bertz CT molecular complexity index is 96.2. The van der Waals surface area contributed by atoms with Gasteiger partial charge in [-0.1, -0.05) is 11.8 Å². The largest absolute Gasteiger partial charge is 0.368 e. The molecule has 0 bridgehead atoms. The van der Waals surface area contributed by atoms with E-state index >= 15 is 0 Å². The Morgan fingerprint density at radius 3 is 2.50 bits per heavy atom. The summed E-state index contributed by atoms with van der Waals surface area (Å²) >= 11 is 0. The fraction of sp³-hybridized carbons (Fsp3) is 0.600. The predicted molar refractivity (Wildman–Crippen MR) is 23.2 cm³/mol. The molecule has 1 aliphatic rings. The number of hydrogen-bond acceptors (Lipinski definition) is 1. The van der Waals surface area contributed by atoms with E-state index in [-0.39, 0.29) is 6.10 Å². The molecule has 0 spiro atoms. The van der Waals surface area contributed by atoms with Gasteiger partial charge >= 0.3 is 0 Å². The molecular weight excluding hydrogens is 76.1 g/mol. The Morgan fingerprint density at radius 2 is 2.50 bits per heavy atom. The van der Waals surface area contributed by atoms with Crippen LogP contribution in [0.15, 0.2) is 0 Å². The van der Waals surface area contributed by atoms with Crippen molar-refractivity contribution in [3.8, 4) is 11.8 Å². The van der Waals surface area contributed by atoms with Crippen LogP contribution in [0.25, 0.3) is 0 Å². The molecule has 0 aliphatic heterocycles. The van der Waals surface area contributed by atoms with Gasteiger partial charge in [-0.3, -0.25) is 0 Å². The van der Waals surface area contributed by atoms with Crippen molar-refractivity contribution >= 4 is 0 Å². The smallest absolute Gasteiger partial charge is 0.128 e. The first-order valence-electron chi connectivity index (χ1n) is 1.94. The highest BCUT2D eigenvalue weighted by Gasteiger charge is 2.04. The average molecular weight is 82.1 g/mol. The molecule has 1 rings (SSSR count). The summed E-state index contributed by atoms with van der Waals surface area (Å²) in [6, 6.07) is 0. The van der Waals surface area contributed by atoms with Gasteiger partial charge in [0, 0.05) is 13.5 Å². The third-order valence-electron chi connectivity index (χ3n) is 0.835. The summed E-state index contributed by atoms with van der Waals surface area (Å²) in [4.78, 5) is 0. The summed E-state index contributed by atoms with van der Waals surface area (Å²) in [6.45, 7) is 0. The van der Waals surface area contributed by atoms with E-state index in [0.717, 1.165) is 6.42 Å². The van der Waals surface area contributed by atoms with Gasteiger partial charge in [-0.05, 0) is 0 Å². The molecule has 0 N–H and O–H groups in total. The molecule has 1 nitrogen and oxygen atoms in total. The molecule has 0 aromatic rings. The summed E-state index contributed by atoms with van der Waals surface area (Å²) in [5, 5.41) is 0. The van der Waals surface area contributed by atoms with Crippen molar-refractivity contribution in [2.75, 3.05) is 7.11 Å². The minimum atomic E-state index is 0.255. The quantitative estimate of drug-likeness (QED) is 0.416. The fourth-order valence-electron chi connectivity index (χ4n) is 0.328. The van der Waals surface area contributed by atoms with Gasteiger partial charge in [0.2, 0.25) is 0 Å². The Kier molecular flexibility index (Phi) is 0.813. The van der Waals surface area contributed by atoms with Crippen molar-refractivity contribution in [1.29, 1.82) is 0 Å². The third kappa shape index (κ3) is 0.395. The second kappa shape index (κ2) is 1.32.